The van der Waals surface area contributed by atoms with Crippen LogP contribution in [0.3, 0.4) is 0 Å². The number of aromatic nitrogens is 3. The Morgan fingerprint density at radius 2 is 1.77 bits per heavy atom. The number of likely N-dealkylation sites (tertiary alicyclic amines) is 1. The molecule has 0 bridgehead atoms. The van der Waals surface area contributed by atoms with Crippen molar-refractivity contribution in [2.24, 2.45) is 0 Å². The fourth-order valence-corrected chi connectivity index (χ4v) is 3.89. The average molecular weight is 352 g/mol. The van der Waals surface area contributed by atoms with Gasteiger partial charge in [-0.2, -0.15) is 5.10 Å². The first-order chi connectivity index (χ1) is 12.5. The van der Waals surface area contributed by atoms with Crippen LogP contribution in [0.4, 0.5) is 0 Å². The molecule has 6 nitrogen and oxygen atoms in total. The van der Waals surface area contributed by atoms with Crippen molar-refractivity contribution in [1.29, 1.82) is 0 Å². The van der Waals surface area contributed by atoms with Gasteiger partial charge in [0.05, 0.1) is 5.52 Å². The number of rotatable bonds is 2. The van der Waals surface area contributed by atoms with Crippen molar-refractivity contribution in [2.45, 2.75) is 46.1 Å². The van der Waals surface area contributed by atoms with E-state index in [9.17, 15) is 9.59 Å². The van der Waals surface area contributed by atoms with Crippen molar-refractivity contribution < 1.29 is 4.79 Å². The lowest BCUT2D eigenvalue weighted by molar-refractivity contribution is -0.132. The number of fused-ring (bicyclic) bond motifs is 3. The monoisotopic (exact) mass is 352 g/mol. The predicted octanol–water partition coefficient (Wildman–Crippen LogP) is 2.67. The van der Waals surface area contributed by atoms with Crippen molar-refractivity contribution in [3.63, 3.8) is 0 Å². The molecule has 1 fully saturated rings. The lowest BCUT2D eigenvalue weighted by Gasteiger charge is -2.20. The van der Waals surface area contributed by atoms with Crippen LogP contribution in [0.25, 0.3) is 16.4 Å². The highest BCUT2D eigenvalue weighted by molar-refractivity contribution is 5.87. The minimum Gasteiger partial charge on any atom is -0.341 e. The van der Waals surface area contributed by atoms with Gasteiger partial charge in [0.1, 0.15) is 17.9 Å². The summed E-state index contributed by atoms with van der Waals surface area (Å²) >= 11 is 0. The maximum Gasteiger partial charge on any atom is 0.291 e. The molecular weight excluding hydrogens is 328 g/mol. The van der Waals surface area contributed by atoms with Crippen LogP contribution in [-0.4, -0.2) is 38.1 Å². The Hall–Kier alpha value is -2.63. The Labute approximate surface area is 152 Å². The Kier molecular flexibility index (Phi) is 4.26. The van der Waals surface area contributed by atoms with Crippen molar-refractivity contribution in [3.8, 4) is 0 Å². The van der Waals surface area contributed by atoms with Gasteiger partial charge in [-0.3, -0.25) is 14.0 Å². The summed E-state index contributed by atoms with van der Waals surface area (Å²) in [6, 6.07) is 8.00. The second kappa shape index (κ2) is 6.59. The molecule has 4 rings (SSSR count). The Morgan fingerprint density at radius 3 is 2.50 bits per heavy atom. The summed E-state index contributed by atoms with van der Waals surface area (Å²) in [6.07, 6.45) is 4.41. The molecule has 1 aliphatic rings. The van der Waals surface area contributed by atoms with Crippen LogP contribution in [0.1, 0.15) is 37.1 Å². The van der Waals surface area contributed by atoms with Crippen LogP contribution in [0.2, 0.25) is 0 Å². The lowest BCUT2D eigenvalue weighted by atomic mass is 10.2. The van der Waals surface area contributed by atoms with Crippen molar-refractivity contribution in [1.82, 2.24) is 19.1 Å². The van der Waals surface area contributed by atoms with Gasteiger partial charge in [-0.1, -0.05) is 24.5 Å². The Balaban J connectivity index is 1.74. The number of amides is 1. The molecule has 0 atom stereocenters. The fourth-order valence-electron chi connectivity index (χ4n) is 3.89. The maximum absolute atomic E-state index is 12.9. The van der Waals surface area contributed by atoms with E-state index < -0.39 is 0 Å². The number of carbonyl (C=O) groups excluding carboxylic acids is 1. The third kappa shape index (κ3) is 2.89. The standard InChI is InChI=1S/C20H24N4O2/c1-14-7-8-17-16(11-14)12-18-20(26)23(21-15(2)24(17)18)13-19(25)22-9-5-3-4-6-10-22/h7-8,11-12H,3-6,9-10,13H2,1-2H3. The second-order valence-corrected chi connectivity index (χ2v) is 7.23. The summed E-state index contributed by atoms with van der Waals surface area (Å²) in [5, 5.41) is 5.44. The maximum atomic E-state index is 12.9. The number of aryl methyl sites for hydroxylation is 2. The summed E-state index contributed by atoms with van der Waals surface area (Å²) in [5.41, 5.74) is 2.48. The molecule has 0 radical (unpaired) electrons. The number of hydrogen-bond acceptors (Lipinski definition) is 3. The van der Waals surface area contributed by atoms with E-state index in [1.54, 1.807) is 0 Å². The van der Waals surface area contributed by atoms with E-state index in [0.29, 0.717) is 11.3 Å². The molecule has 0 saturated carbocycles. The van der Waals surface area contributed by atoms with E-state index in [4.69, 9.17) is 0 Å². The van der Waals surface area contributed by atoms with E-state index >= 15 is 0 Å². The molecule has 0 aliphatic carbocycles. The van der Waals surface area contributed by atoms with Gasteiger partial charge < -0.3 is 4.90 Å². The van der Waals surface area contributed by atoms with Gasteiger partial charge in [0, 0.05) is 18.5 Å². The molecule has 3 aromatic rings. The van der Waals surface area contributed by atoms with Crippen molar-refractivity contribution >= 4 is 22.3 Å². The van der Waals surface area contributed by atoms with Gasteiger partial charge >= 0.3 is 0 Å². The smallest absolute Gasteiger partial charge is 0.291 e. The SMILES string of the molecule is Cc1ccc2c(c1)cc1c(=O)n(CC(=O)N3CCCCCC3)nc(C)n12. The highest BCUT2D eigenvalue weighted by Crippen LogP contribution is 2.20. The molecule has 1 aromatic carbocycles. The van der Waals surface area contributed by atoms with Crippen LogP contribution in [0.15, 0.2) is 29.1 Å². The topological polar surface area (TPSA) is 59.6 Å². The predicted molar refractivity (Wildman–Crippen MR) is 101 cm³/mol. The quantitative estimate of drug-likeness (QED) is 0.712. The summed E-state index contributed by atoms with van der Waals surface area (Å²) in [4.78, 5) is 27.5. The average Bonchev–Trinajstić information content (AvgIpc) is 2.79. The van der Waals surface area contributed by atoms with Gasteiger partial charge in [-0.05, 0) is 44.9 Å². The minimum absolute atomic E-state index is 0.0106. The Morgan fingerprint density at radius 1 is 1.04 bits per heavy atom. The molecule has 26 heavy (non-hydrogen) atoms. The molecule has 0 N–H and O–H groups in total. The van der Waals surface area contributed by atoms with Crippen molar-refractivity contribution in [3.05, 3.63) is 46.0 Å². The number of hydrogen-bond donors (Lipinski definition) is 0. The normalized spacial score (nSPS) is 15.5. The first-order valence-electron chi connectivity index (χ1n) is 9.32. The highest BCUT2D eigenvalue weighted by atomic mass is 16.2. The number of benzene rings is 1. The molecule has 0 unspecified atom stereocenters. The van der Waals surface area contributed by atoms with E-state index in [2.05, 4.69) is 11.2 Å². The highest BCUT2D eigenvalue weighted by Gasteiger charge is 2.19. The van der Waals surface area contributed by atoms with Gasteiger partial charge in [-0.15, -0.1) is 0 Å². The molecule has 136 valence electrons. The van der Waals surface area contributed by atoms with E-state index in [0.717, 1.165) is 42.4 Å². The van der Waals surface area contributed by atoms with Gasteiger partial charge in [0.2, 0.25) is 5.91 Å². The van der Waals surface area contributed by atoms with Crippen LogP contribution < -0.4 is 5.56 Å². The summed E-state index contributed by atoms with van der Waals surface area (Å²) < 4.78 is 3.20. The molecule has 1 aliphatic heterocycles. The zero-order valence-electron chi connectivity index (χ0n) is 15.4. The third-order valence-corrected chi connectivity index (χ3v) is 5.24. The third-order valence-electron chi connectivity index (χ3n) is 5.24. The molecule has 3 heterocycles. The van der Waals surface area contributed by atoms with Crippen LogP contribution in [0.5, 0.6) is 0 Å². The molecular formula is C20H24N4O2. The summed E-state index contributed by atoms with van der Waals surface area (Å²) in [6.45, 7) is 5.48. The van der Waals surface area contributed by atoms with Crippen LogP contribution in [0, 0.1) is 13.8 Å². The molecule has 1 amide bonds. The molecule has 6 heteroatoms. The molecule has 2 aromatic heterocycles. The Bertz CT molecular complexity index is 1040. The summed E-state index contributed by atoms with van der Waals surface area (Å²) in [7, 11) is 0. The first kappa shape index (κ1) is 16.8. The second-order valence-electron chi connectivity index (χ2n) is 7.23. The van der Waals surface area contributed by atoms with Crippen LogP contribution in [-0.2, 0) is 11.3 Å². The summed E-state index contributed by atoms with van der Waals surface area (Å²) in [5.74, 6) is 0.694. The first-order valence-corrected chi connectivity index (χ1v) is 9.32. The zero-order valence-corrected chi connectivity index (χ0v) is 15.4. The van der Waals surface area contributed by atoms with E-state index in [-0.39, 0.29) is 18.0 Å². The van der Waals surface area contributed by atoms with Gasteiger partial charge in [0.25, 0.3) is 5.56 Å². The lowest BCUT2D eigenvalue weighted by Crippen LogP contribution is -2.38. The van der Waals surface area contributed by atoms with Gasteiger partial charge in [-0.25, -0.2) is 4.68 Å². The largest absolute Gasteiger partial charge is 0.341 e. The van der Waals surface area contributed by atoms with Crippen molar-refractivity contribution in [2.75, 3.05) is 13.1 Å². The van der Waals surface area contributed by atoms with Gasteiger partial charge in [0.15, 0.2) is 0 Å². The van der Waals surface area contributed by atoms with Crippen LogP contribution >= 0.6 is 0 Å². The number of carbonyl (C=O) groups is 1. The van der Waals surface area contributed by atoms with E-state index in [1.807, 2.05) is 41.3 Å². The molecule has 0 spiro atoms. The zero-order chi connectivity index (χ0) is 18.3. The number of nitrogens with zero attached hydrogens (tertiary/aromatic N) is 4. The fraction of sp³-hybridized carbons (Fsp3) is 0.450. The molecule has 1 saturated heterocycles. The van der Waals surface area contributed by atoms with E-state index in [1.165, 1.54) is 17.5 Å². The minimum atomic E-state index is -0.215.